The van der Waals surface area contributed by atoms with Crippen molar-refractivity contribution in [3.63, 3.8) is 0 Å². The summed E-state index contributed by atoms with van der Waals surface area (Å²) in [7, 11) is -2.21. The molecular formula is C12H18ClN3O4S. The van der Waals surface area contributed by atoms with Crippen molar-refractivity contribution in [1.82, 2.24) is 4.31 Å². The molecule has 21 heavy (non-hydrogen) atoms. The lowest BCUT2D eigenvalue weighted by Gasteiger charge is -2.21. The van der Waals surface area contributed by atoms with Gasteiger partial charge in [-0.05, 0) is 24.3 Å². The van der Waals surface area contributed by atoms with Gasteiger partial charge in [0.15, 0.2) is 0 Å². The Hall–Kier alpha value is -1.35. The molecule has 0 atom stereocenters. The van der Waals surface area contributed by atoms with Crippen molar-refractivity contribution in [2.45, 2.75) is 11.3 Å². The highest BCUT2D eigenvalue weighted by molar-refractivity contribution is 7.89. The number of rotatable bonds is 8. The lowest BCUT2D eigenvalue weighted by atomic mass is 10.4. The molecule has 0 unspecified atom stereocenters. The quantitative estimate of drug-likeness (QED) is 0.320. The fraction of sp³-hybridized carbons (Fsp3) is 0.417. The van der Waals surface area contributed by atoms with Crippen molar-refractivity contribution >= 4 is 27.5 Å². The molecule has 0 bridgehead atoms. The molecule has 0 radical (unpaired) electrons. The van der Waals surface area contributed by atoms with Gasteiger partial charge in [0.2, 0.25) is 10.0 Å². The lowest BCUT2D eigenvalue weighted by molar-refractivity contribution is 0.179. The van der Waals surface area contributed by atoms with Gasteiger partial charge in [-0.3, -0.25) is 0 Å². The summed E-state index contributed by atoms with van der Waals surface area (Å²) in [6.07, 6.45) is 0.118. The summed E-state index contributed by atoms with van der Waals surface area (Å²) in [4.78, 5) is 0.127. The SMILES string of the molecule is COCCN(CCC(N)=NO)S(=O)(=O)c1ccc(Cl)cc1. The molecule has 0 spiro atoms. The van der Waals surface area contributed by atoms with E-state index in [0.29, 0.717) is 5.02 Å². The molecule has 1 aromatic rings. The average Bonchev–Trinajstić information content (AvgIpc) is 2.47. The van der Waals surface area contributed by atoms with Crippen LogP contribution in [0.2, 0.25) is 5.02 Å². The maximum Gasteiger partial charge on any atom is 0.243 e. The molecule has 1 aromatic carbocycles. The van der Waals surface area contributed by atoms with E-state index in [0.717, 1.165) is 0 Å². The zero-order chi connectivity index (χ0) is 15.9. The lowest BCUT2D eigenvalue weighted by Crippen LogP contribution is -2.36. The first-order valence-corrected chi connectivity index (χ1v) is 7.94. The molecule has 118 valence electrons. The van der Waals surface area contributed by atoms with Gasteiger partial charge in [-0.2, -0.15) is 4.31 Å². The Morgan fingerprint density at radius 2 is 2.00 bits per heavy atom. The molecule has 0 saturated carbocycles. The van der Waals surface area contributed by atoms with E-state index in [1.165, 1.54) is 35.7 Å². The third-order valence-corrected chi connectivity index (χ3v) is 4.91. The Bertz CT molecular complexity index is 575. The topological polar surface area (TPSA) is 105 Å². The average molecular weight is 336 g/mol. The van der Waals surface area contributed by atoms with Gasteiger partial charge in [-0.25, -0.2) is 8.42 Å². The van der Waals surface area contributed by atoms with Crippen LogP contribution in [0.15, 0.2) is 34.3 Å². The summed E-state index contributed by atoms with van der Waals surface area (Å²) in [5.41, 5.74) is 5.38. The molecular weight excluding hydrogens is 318 g/mol. The van der Waals surface area contributed by atoms with Gasteiger partial charge in [0.25, 0.3) is 0 Å². The summed E-state index contributed by atoms with van der Waals surface area (Å²) < 4.78 is 31.2. The van der Waals surface area contributed by atoms with Crippen LogP contribution in [0.25, 0.3) is 0 Å². The number of nitrogens with two attached hydrogens (primary N) is 1. The number of amidine groups is 1. The van der Waals surface area contributed by atoms with Gasteiger partial charge >= 0.3 is 0 Å². The number of nitrogens with zero attached hydrogens (tertiary/aromatic N) is 2. The van der Waals surface area contributed by atoms with Gasteiger partial charge in [0.1, 0.15) is 5.84 Å². The number of hydrogen-bond acceptors (Lipinski definition) is 5. The minimum Gasteiger partial charge on any atom is -0.409 e. The van der Waals surface area contributed by atoms with Crippen LogP contribution in [0.5, 0.6) is 0 Å². The van der Waals surface area contributed by atoms with Gasteiger partial charge < -0.3 is 15.7 Å². The molecule has 3 N–H and O–H groups in total. The van der Waals surface area contributed by atoms with Gasteiger partial charge in [-0.1, -0.05) is 16.8 Å². The van der Waals surface area contributed by atoms with E-state index in [1.807, 2.05) is 0 Å². The number of benzene rings is 1. The van der Waals surface area contributed by atoms with Crippen LogP contribution in [0.3, 0.4) is 0 Å². The number of oxime groups is 1. The Labute approximate surface area is 129 Å². The highest BCUT2D eigenvalue weighted by Crippen LogP contribution is 2.18. The fourth-order valence-corrected chi connectivity index (χ4v) is 3.14. The molecule has 0 fully saturated rings. The first-order valence-electron chi connectivity index (χ1n) is 6.13. The summed E-state index contributed by atoms with van der Waals surface area (Å²) in [5.74, 6) is -0.0382. The number of hydrogen-bond donors (Lipinski definition) is 2. The highest BCUT2D eigenvalue weighted by Gasteiger charge is 2.24. The predicted molar refractivity (Wildman–Crippen MR) is 80.1 cm³/mol. The minimum absolute atomic E-state index is 0.0382. The summed E-state index contributed by atoms with van der Waals surface area (Å²) in [6.45, 7) is 0.493. The molecule has 0 aliphatic carbocycles. The number of sulfonamides is 1. The van der Waals surface area contributed by atoms with E-state index in [2.05, 4.69) is 5.16 Å². The third kappa shape index (κ3) is 5.16. The zero-order valence-corrected chi connectivity index (χ0v) is 13.1. The number of methoxy groups -OCH3 is 1. The molecule has 9 heteroatoms. The molecule has 0 aliphatic heterocycles. The zero-order valence-electron chi connectivity index (χ0n) is 11.6. The van der Waals surface area contributed by atoms with Gasteiger partial charge in [0.05, 0.1) is 11.5 Å². The molecule has 1 rings (SSSR count). The summed E-state index contributed by atoms with van der Waals surface area (Å²) >= 11 is 5.76. The van der Waals surface area contributed by atoms with E-state index in [4.69, 9.17) is 27.3 Å². The van der Waals surface area contributed by atoms with E-state index in [1.54, 1.807) is 0 Å². The van der Waals surface area contributed by atoms with Crippen LogP contribution in [-0.2, 0) is 14.8 Å². The van der Waals surface area contributed by atoms with E-state index >= 15 is 0 Å². The maximum atomic E-state index is 12.5. The second kappa shape index (κ2) is 8.18. The molecule has 0 aromatic heterocycles. The van der Waals surface area contributed by atoms with Crippen molar-refractivity contribution in [3.05, 3.63) is 29.3 Å². The maximum absolute atomic E-state index is 12.5. The molecule has 0 amide bonds. The van der Waals surface area contributed by atoms with Crippen molar-refractivity contribution in [2.75, 3.05) is 26.8 Å². The standard InChI is InChI=1S/C12H18ClN3O4S/c1-20-9-8-16(7-6-12(14)15-17)21(18,19)11-4-2-10(13)3-5-11/h2-5,17H,6-9H2,1H3,(H2,14,15). The number of halogens is 1. The van der Waals surface area contributed by atoms with E-state index in [9.17, 15) is 8.42 Å². The van der Waals surface area contributed by atoms with Crippen LogP contribution in [0.4, 0.5) is 0 Å². The van der Waals surface area contributed by atoms with E-state index < -0.39 is 10.0 Å². The normalized spacial score (nSPS) is 12.8. The van der Waals surface area contributed by atoms with Crippen LogP contribution in [0.1, 0.15) is 6.42 Å². The third-order valence-electron chi connectivity index (χ3n) is 2.74. The molecule has 0 saturated heterocycles. The van der Waals surface area contributed by atoms with Crippen LogP contribution >= 0.6 is 11.6 Å². The second-order valence-electron chi connectivity index (χ2n) is 4.19. The molecule has 0 heterocycles. The van der Waals surface area contributed by atoms with Crippen LogP contribution in [-0.4, -0.2) is 50.6 Å². The molecule has 7 nitrogen and oxygen atoms in total. The van der Waals surface area contributed by atoms with Crippen LogP contribution < -0.4 is 5.73 Å². The van der Waals surface area contributed by atoms with Crippen molar-refractivity contribution in [2.24, 2.45) is 10.9 Å². The Morgan fingerprint density at radius 1 is 1.38 bits per heavy atom. The van der Waals surface area contributed by atoms with Crippen molar-refractivity contribution < 1.29 is 18.4 Å². The monoisotopic (exact) mass is 335 g/mol. The van der Waals surface area contributed by atoms with Crippen molar-refractivity contribution in [3.8, 4) is 0 Å². The number of ether oxygens (including phenoxy) is 1. The Balaban J connectivity index is 2.96. The Kier molecular flexibility index (Phi) is 6.90. The van der Waals surface area contributed by atoms with Crippen LogP contribution in [0, 0.1) is 0 Å². The summed E-state index contributed by atoms with van der Waals surface area (Å²) in [6, 6.07) is 5.88. The smallest absolute Gasteiger partial charge is 0.243 e. The summed E-state index contributed by atoms with van der Waals surface area (Å²) in [5, 5.41) is 11.8. The molecule has 0 aliphatic rings. The first kappa shape index (κ1) is 17.7. The van der Waals surface area contributed by atoms with Gasteiger partial charge in [0, 0.05) is 31.6 Å². The Morgan fingerprint density at radius 3 is 2.52 bits per heavy atom. The highest BCUT2D eigenvalue weighted by atomic mass is 35.5. The minimum atomic E-state index is -3.69. The fourth-order valence-electron chi connectivity index (χ4n) is 1.59. The first-order chi connectivity index (χ1) is 9.91. The van der Waals surface area contributed by atoms with E-state index in [-0.39, 0.29) is 36.8 Å². The van der Waals surface area contributed by atoms with Gasteiger partial charge in [-0.15, -0.1) is 0 Å². The van der Waals surface area contributed by atoms with Crippen molar-refractivity contribution in [1.29, 1.82) is 0 Å². The largest absolute Gasteiger partial charge is 0.409 e. The predicted octanol–water partition coefficient (Wildman–Crippen LogP) is 1.11. The second-order valence-corrected chi connectivity index (χ2v) is 6.57.